The van der Waals surface area contributed by atoms with Crippen LogP contribution in [0.2, 0.25) is 0 Å². The standard InChI is InChI=1S/C11H8F5N3/c12-8-2-10(17)9(13)1-7(8)6-3-18-19(4-6)5-11(14,15)16/h1-4H,5,17H2. The van der Waals surface area contributed by atoms with Gasteiger partial charge in [-0.3, -0.25) is 4.68 Å². The molecule has 1 heterocycles. The van der Waals surface area contributed by atoms with Crippen molar-refractivity contribution in [2.45, 2.75) is 12.7 Å². The van der Waals surface area contributed by atoms with Crippen molar-refractivity contribution in [2.24, 2.45) is 0 Å². The first kappa shape index (κ1) is 13.3. The average molecular weight is 277 g/mol. The minimum atomic E-state index is -4.44. The molecule has 102 valence electrons. The molecule has 2 N–H and O–H groups in total. The van der Waals surface area contributed by atoms with E-state index >= 15 is 0 Å². The van der Waals surface area contributed by atoms with Gasteiger partial charge in [0.1, 0.15) is 18.2 Å². The summed E-state index contributed by atoms with van der Waals surface area (Å²) < 4.78 is 63.8. The highest BCUT2D eigenvalue weighted by Crippen LogP contribution is 2.27. The van der Waals surface area contributed by atoms with Gasteiger partial charge in [-0.25, -0.2) is 8.78 Å². The molecule has 0 bridgehead atoms. The van der Waals surface area contributed by atoms with Crippen molar-refractivity contribution in [1.29, 1.82) is 0 Å². The van der Waals surface area contributed by atoms with Gasteiger partial charge < -0.3 is 5.73 Å². The van der Waals surface area contributed by atoms with Crippen LogP contribution in [-0.4, -0.2) is 16.0 Å². The Morgan fingerprint density at radius 3 is 2.47 bits per heavy atom. The van der Waals surface area contributed by atoms with Gasteiger partial charge in [0.15, 0.2) is 0 Å². The van der Waals surface area contributed by atoms with E-state index in [1.807, 2.05) is 0 Å². The number of rotatable bonds is 2. The topological polar surface area (TPSA) is 43.8 Å². The fourth-order valence-electron chi connectivity index (χ4n) is 1.56. The number of hydrogen-bond acceptors (Lipinski definition) is 2. The van der Waals surface area contributed by atoms with E-state index in [1.165, 1.54) is 0 Å². The average Bonchev–Trinajstić information content (AvgIpc) is 2.69. The van der Waals surface area contributed by atoms with Gasteiger partial charge in [-0.15, -0.1) is 0 Å². The van der Waals surface area contributed by atoms with E-state index < -0.39 is 24.4 Å². The molecule has 2 aromatic rings. The summed E-state index contributed by atoms with van der Waals surface area (Å²) in [5.41, 5.74) is 4.65. The van der Waals surface area contributed by atoms with E-state index in [4.69, 9.17) is 5.73 Å². The van der Waals surface area contributed by atoms with Gasteiger partial charge in [0.25, 0.3) is 0 Å². The summed E-state index contributed by atoms with van der Waals surface area (Å²) in [5.74, 6) is -1.68. The van der Waals surface area contributed by atoms with Crippen molar-refractivity contribution >= 4 is 5.69 Å². The number of anilines is 1. The number of benzene rings is 1. The van der Waals surface area contributed by atoms with Gasteiger partial charge in [0, 0.05) is 23.4 Å². The Labute approximate surface area is 104 Å². The Morgan fingerprint density at radius 2 is 1.84 bits per heavy atom. The van der Waals surface area contributed by atoms with Gasteiger partial charge >= 0.3 is 6.18 Å². The van der Waals surface area contributed by atoms with Crippen LogP contribution in [0.15, 0.2) is 24.5 Å². The molecule has 3 nitrogen and oxygen atoms in total. The van der Waals surface area contributed by atoms with E-state index in [0.717, 1.165) is 24.5 Å². The Hall–Kier alpha value is -2.12. The summed E-state index contributed by atoms with van der Waals surface area (Å²) in [6, 6.07) is 1.59. The monoisotopic (exact) mass is 277 g/mol. The largest absolute Gasteiger partial charge is 0.408 e. The minimum Gasteiger partial charge on any atom is -0.396 e. The third-order valence-electron chi connectivity index (χ3n) is 2.37. The van der Waals surface area contributed by atoms with E-state index in [0.29, 0.717) is 4.68 Å². The molecule has 1 aromatic heterocycles. The van der Waals surface area contributed by atoms with Crippen LogP contribution in [0, 0.1) is 11.6 Å². The number of nitrogens with two attached hydrogens (primary N) is 1. The molecular weight excluding hydrogens is 269 g/mol. The van der Waals surface area contributed by atoms with E-state index in [-0.39, 0.29) is 16.8 Å². The molecule has 0 aliphatic rings. The Kier molecular flexibility index (Phi) is 3.17. The molecule has 1 aromatic carbocycles. The molecule has 0 radical (unpaired) electrons. The quantitative estimate of drug-likeness (QED) is 0.677. The zero-order chi connectivity index (χ0) is 14.2. The van der Waals surface area contributed by atoms with Gasteiger partial charge in [-0.05, 0) is 6.07 Å². The molecular formula is C11H8F5N3. The van der Waals surface area contributed by atoms with Gasteiger partial charge in [0.05, 0.1) is 11.9 Å². The van der Waals surface area contributed by atoms with E-state index in [2.05, 4.69) is 5.10 Å². The van der Waals surface area contributed by atoms with Crippen LogP contribution in [0.3, 0.4) is 0 Å². The van der Waals surface area contributed by atoms with Crippen molar-refractivity contribution < 1.29 is 22.0 Å². The Morgan fingerprint density at radius 1 is 1.16 bits per heavy atom. The van der Waals surface area contributed by atoms with Crippen LogP contribution < -0.4 is 5.73 Å². The third-order valence-corrected chi connectivity index (χ3v) is 2.37. The highest BCUT2D eigenvalue weighted by Gasteiger charge is 2.28. The van der Waals surface area contributed by atoms with Crippen LogP contribution in [0.1, 0.15) is 0 Å². The molecule has 0 unspecified atom stereocenters. The number of halogens is 5. The number of aromatic nitrogens is 2. The van der Waals surface area contributed by atoms with Gasteiger partial charge in [-0.1, -0.05) is 0 Å². The maximum atomic E-state index is 13.6. The van der Waals surface area contributed by atoms with Crippen molar-refractivity contribution in [2.75, 3.05) is 5.73 Å². The lowest BCUT2D eigenvalue weighted by Crippen LogP contribution is -2.17. The smallest absolute Gasteiger partial charge is 0.396 e. The third kappa shape index (κ3) is 3.01. The normalized spacial score (nSPS) is 11.8. The first-order valence-corrected chi connectivity index (χ1v) is 5.10. The number of nitrogens with zero attached hydrogens (tertiary/aromatic N) is 2. The summed E-state index contributed by atoms with van der Waals surface area (Å²) in [7, 11) is 0. The molecule has 2 rings (SSSR count). The SMILES string of the molecule is Nc1cc(F)c(-c2cnn(CC(F)(F)F)c2)cc1F. The molecule has 0 aliphatic carbocycles. The minimum absolute atomic E-state index is 0.0423. The zero-order valence-electron chi connectivity index (χ0n) is 9.38. The van der Waals surface area contributed by atoms with Crippen LogP contribution in [0.5, 0.6) is 0 Å². The van der Waals surface area contributed by atoms with Crippen LogP contribution in [-0.2, 0) is 6.54 Å². The Bertz CT molecular complexity index is 603. The molecule has 0 atom stereocenters. The maximum absolute atomic E-state index is 13.6. The molecule has 0 saturated carbocycles. The summed E-state index contributed by atoms with van der Waals surface area (Å²) >= 11 is 0. The molecule has 0 fully saturated rings. The van der Waals surface area contributed by atoms with Crippen molar-refractivity contribution in [3.8, 4) is 11.1 Å². The molecule has 0 aliphatic heterocycles. The maximum Gasteiger partial charge on any atom is 0.408 e. The highest BCUT2D eigenvalue weighted by atomic mass is 19.4. The summed E-state index contributed by atoms with van der Waals surface area (Å²) in [5, 5.41) is 3.45. The second-order valence-electron chi connectivity index (χ2n) is 3.90. The number of nitrogen functional groups attached to an aromatic ring is 1. The fraction of sp³-hybridized carbons (Fsp3) is 0.182. The van der Waals surface area contributed by atoms with Crippen LogP contribution >= 0.6 is 0 Å². The van der Waals surface area contributed by atoms with Crippen molar-refractivity contribution in [3.05, 3.63) is 36.2 Å². The first-order valence-electron chi connectivity index (χ1n) is 5.10. The van der Waals surface area contributed by atoms with Gasteiger partial charge in [0.2, 0.25) is 0 Å². The van der Waals surface area contributed by atoms with Gasteiger partial charge in [-0.2, -0.15) is 18.3 Å². The molecule has 19 heavy (non-hydrogen) atoms. The lowest BCUT2D eigenvalue weighted by Gasteiger charge is -2.05. The van der Waals surface area contributed by atoms with Crippen molar-refractivity contribution in [3.63, 3.8) is 0 Å². The fourth-order valence-corrected chi connectivity index (χ4v) is 1.56. The zero-order valence-corrected chi connectivity index (χ0v) is 9.38. The number of alkyl halides is 3. The van der Waals surface area contributed by atoms with Crippen molar-refractivity contribution in [1.82, 2.24) is 9.78 Å². The predicted molar refractivity (Wildman–Crippen MR) is 58.0 cm³/mol. The number of hydrogen-bond donors (Lipinski definition) is 1. The second kappa shape index (κ2) is 4.52. The van der Waals surface area contributed by atoms with Crippen LogP contribution in [0.25, 0.3) is 11.1 Å². The molecule has 0 saturated heterocycles. The summed E-state index contributed by atoms with van der Waals surface area (Å²) in [4.78, 5) is 0. The van der Waals surface area contributed by atoms with Crippen LogP contribution in [0.4, 0.5) is 27.6 Å². The summed E-state index contributed by atoms with van der Waals surface area (Å²) in [6.45, 7) is -1.30. The molecule has 8 heteroatoms. The second-order valence-corrected chi connectivity index (χ2v) is 3.90. The molecule has 0 amide bonds. The lowest BCUT2D eigenvalue weighted by molar-refractivity contribution is -0.142. The summed E-state index contributed by atoms with van der Waals surface area (Å²) in [6.07, 6.45) is -2.42. The molecule has 0 spiro atoms. The highest BCUT2D eigenvalue weighted by molar-refractivity contribution is 5.65. The van der Waals surface area contributed by atoms with E-state index in [9.17, 15) is 22.0 Å². The first-order chi connectivity index (χ1) is 8.76. The lowest BCUT2D eigenvalue weighted by atomic mass is 10.1. The van der Waals surface area contributed by atoms with E-state index in [1.54, 1.807) is 0 Å². The predicted octanol–water partition coefficient (Wildman–Crippen LogP) is 2.97. The Balaban J connectivity index is 2.36.